The fraction of sp³-hybridized carbons (Fsp3) is 0.333. The number of para-hydroxylation sites is 1. The molecular formula is C21H25N3O3. The van der Waals surface area contributed by atoms with Gasteiger partial charge in [-0.15, -0.1) is 0 Å². The molecule has 2 aromatic rings. The molecule has 1 N–H and O–H groups in total. The molecule has 0 saturated carbocycles. The van der Waals surface area contributed by atoms with Gasteiger partial charge in [0.15, 0.2) is 11.5 Å². The number of nitriles is 1. The van der Waals surface area contributed by atoms with Gasteiger partial charge in [-0.2, -0.15) is 5.26 Å². The lowest BCUT2D eigenvalue weighted by atomic mass is 10.1. The smallest absolute Gasteiger partial charge is 0.224 e. The van der Waals surface area contributed by atoms with Crippen LogP contribution in [0.25, 0.3) is 0 Å². The van der Waals surface area contributed by atoms with Crippen LogP contribution >= 0.6 is 0 Å². The van der Waals surface area contributed by atoms with E-state index in [1.165, 1.54) is 7.11 Å². The van der Waals surface area contributed by atoms with E-state index in [1.807, 2.05) is 38.4 Å². The topological polar surface area (TPSA) is 74.6 Å². The molecule has 0 bridgehead atoms. The summed E-state index contributed by atoms with van der Waals surface area (Å²) in [5.74, 6) is 1.03. The van der Waals surface area contributed by atoms with Crippen molar-refractivity contribution in [1.82, 2.24) is 4.90 Å². The van der Waals surface area contributed by atoms with Crippen LogP contribution in [0.15, 0.2) is 42.5 Å². The number of methoxy groups -OCH3 is 1. The largest absolute Gasteiger partial charge is 0.493 e. The summed E-state index contributed by atoms with van der Waals surface area (Å²) in [6, 6.07) is 14.9. The summed E-state index contributed by atoms with van der Waals surface area (Å²) < 4.78 is 10.9. The molecule has 0 saturated heterocycles. The first-order chi connectivity index (χ1) is 13.0. The monoisotopic (exact) mass is 367 g/mol. The van der Waals surface area contributed by atoms with Crippen LogP contribution in [0.3, 0.4) is 0 Å². The molecule has 6 heteroatoms. The number of nitrogens with zero attached hydrogens (tertiary/aromatic N) is 2. The molecule has 1 amide bonds. The van der Waals surface area contributed by atoms with Crippen LogP contribution in [0.4, 0.5) is 5.69 Å². The molecule has 0 aliphatic carbocycles. The van der Waals surface area contributed by atoms with Gasteiger partial charge in [-0.05, 0) is 44.3 Å². The maximum absolute atomic E-state index is 12.2. The van der Waals surface area contributed by atoms with Crippen molar-refractivity contribution in [3.63, 3.8) is 0 Å². The summed E-state index contributed by atoms with van der Waals surface area (Å²) in [5, 5.41) is 11.9. The third-order valence-corrected chi connectivity index (χ3v) is 3.88. The standard InChI is InChI=1S/C21H25N3O3/c1-24(2)15-17-7-4-5-8-18(17)23-21(25)9-6-12-27-19-11-10-16(14-22)13-20(19)26-3/h4-5,7-8,10-11,13H,6,9,12,15H2,1-3H3,(H,23,25). The predicted molar refractivity (Wildman–Crippen MR) is 105 cm³/mol. The van der Waals surface area contributed by atoms with Gasteiger partial charge in [0.05, 0.1) is 25.3 Å². The minimum absolute atomic E-state index is 0.0448. The molecule has 6 nitrogen and oxygen atoms in total. The number of anilines is 1. The molecule has 0 aliphatic rings. The number of rotatable bonds is 9. The molecule has 0 fully saturated rings. The van der Waals surface area contributed by atoms with E-state index >= 15 is 0 Å². The van der Waals surface area contributed by atoms with E-state index < -0.39 is 0 Å². The summed E-state index contributed by atoms with van der Waals surface area (Å²) in [7, 11) is 5.52. The molecule has 0 spiro atoms. The van der Waals surface area contributed by atoms with Crippen LogP contribution in [-0.2, 0) is 11.3 Å². The number of carbonyl (C=O) groups is 1. The average molecular weight is 367 g/mol. The molecule has 0 radical (unpaired) electrons. The lowest BCUT2D eigenvalue weighted by molar-refractivity contribution is -0.116. The van der Waals surface area contributed by atoms with Crippen molar-refractivity contribution in [3.05, 3.63) is 53.6 Å². The van der Waals surface area contributed by atoms with Crippen molar-refractivity contribution < 1.29 is 14.3 Å². The second-order valence-electron chi connectivity index (χ2n) is 6.37. The average Bonchev–Trinajstić information content (AvgIpc) is 2.66. The van der Waals surface area contributed by atoms with Crippen LogP contribution in [0.2, 0.25) is 0 Å². The summed E-state index contributed by atoms with van der Waals surface area (Å²) in [6.45, 7) is 1.15. The highest BCUT2D eigenvalue weighted by Crippen LogP contribution is 2.28. The Morgan fingerprint density at radius 2 is 1.96 bits per heavy atom. The van der Waals surface area contributed by atoms with Gasteiger partial charge in [0.2, 0.25) is 5.91 Å². The Hall–Kier alpha value is -3.04. The van der Waals surface area contributed by atoms with Crippen molar-refractivity contribution in [2.75, 3.05) is 33.1 Å². The van der Waals surface area contributed by atoms with Crippen LogP contribution < -0.4 is 14.8 Å². The third kappa shape index (κ3) is 6.32. The maximum atomic E-state index is 12.2. The number of nitrogens with one attached hydrogen (secondary N) is 1. The number of hydrogen-bond acceptors (Lipinski definition) is 5. The highest BCUT2D eigenvalue weighted by molar-refractivity contribution is 5.91. The van der Waals surface area contributed by atoms with Gasteiger partial charge in [0.25, 0.3) is 0 Å². The van der Waals surface area contributed by atoms with Crippen molar-refractivity contribution in [2.45, 2.75) is 19.4 Å². The first kappa shape index (κ1) is 20.3. The number of ether oxygens (including phenoxy) is 2. The molecule has 0 heterocycles. The second kappa shape index (κ2) is 10.2. The van der Waals surface area contributed by atoms with Crippen molar-refractivity contribution >= 4 is 11.6 Å². The van der Waals surface area contributed by atoms with Gasteiger partial charge in [0.1, 0.15) is 0 Å². The van der Waals surface area contributed by atoms with Crippen molar-refractivity contribution in [3.8, 4) is 17.6 Å². The number of amides is 1. The highest BCUT2D eigenvalue weighted by Gasteiger charge is 2.09. The van der Waals surface area contributed by atoms with Crippen LogP contribution in [0.5, 0.6) is 11.5 Å². The summed E-state index contributed by atoms with van der Waals surface area (Å²) in [4.78, 5) is 14.3. The fourth-order valence-corrected chi connectivity index (χ4v) is 2.60. The Labute approximate surface area is 160 Å². The zero-order valence-electron chi connectivity index (χ0n) is 16.0. The predicted octanol–water partition coefficient (Wildman–Crippen LogP) is 3.43. The first-order valence-electron chi connectivity index (χ1n) is 8.77. The maximum Gasteiger partial charge on any atom is 0.224 e. The summed E-state index contributed by atoms with van der Waals surface area (Å²) >= 11 is 0. The molecule has 2 aromatic carbocycles. The van der Waals surface area contributed by atoms with E-state index in [0.717, 1.165) is 17.8 Å². The van der Waals surface area contributed by atoms with Gasteiger partial charge in [-0.25, -0.2) is 0 Å². The molecule has 0 atom stereocenters. The number of benzene rings is 2. The Morgan fingerprint density at radius 1 is 1.19 bits per heavy atom. The minimum Gasteiger partial charge on any atom is -0.493 e. The van der Waals surface area contributed by atoms with Gasteiger partial charge in [-0.1, -0.05) is 18.2 Å². The number of carbonyl (C=O) groups excluding carboxylic acids is 1. The summed E-state index contributed by atoms with van der Waals surface area (Å²) in [5.41, 5.74) is 2.43. The molecular weight excluding hydrogens is 342 g/mol. The highest BCUT2D eigenvalue weighted by atomic mass is 16.5. The normalized spacial score (nSPS) is 10.3. The van der Waals surface area contributed by atoms with Crippen molar-refractivity contribution in [1.29, 1.82) is 5.26 Å². The molecule has 0 unspecified atom stereocenters. The molecule has 0 aliphatic heterocycles. The molecule has 0 aromatic heterocycles. The lowest BCUT2D eigenvalue weighted by Crippen LogP contribution is -2.17. The zero-order valence-corrected chi connectivity index (χ0v) is 16.0. The van der Waals surface area contributed by atoms with Crippen molar-refractivity contribution in [2.24, 2.45) is 0 Å². The van der Waals surface area contributed by atoms with E-state index in [2.05, 4.69) is 16.3 Å². The van der Waals surface area contributed by atoms with E-state index in [-0.39, 0.29) is 5.91 Å². The van der Waals surface area contributed by atoms with E-state index in [4.69, 9.17) is 14.7 Å². The van der Waals surface area contributed by atoms with Crippen LogP contribution in [0, 0.1) is 11.3 Å². The molecule has 27 heavy (non-hydrogen) atoms. The van der Waals surface area contributed by atoms with Crippen LogP contribution in [-0.4, -0.2) is 38.6 Å². The Morgan fingerprint density at radius 3 is 2.67 bits per heavy atom. The third-order valence-electron chi connectivity index (χ3n) is 3.88. The van der Waals surface area contributed by atoms with E-state index in [9.17, 15) is 4.79 Å². The molecule has 142 valence electrons. The Balaban J connectivity index is 1.83. The first-order valence-corrected chi connectivity index (χ1v) is 8.77. The zero-order chi connectivity index (χ0) is 19.6. The fourth-order valence-electron chi connectivity index (χ4n) is 2.60. The van der Waals surface area contributed by atoms with Crippen LogP contribution in [0.1, 0.15) is 24.0 Å². The van der Waals surface area contributed by atoms with Gasteiger partial charge >= 0.3 is 0 Å². The SMILES string of the molecule is COc1cc(C#N)ccc1OCCCC(=O)Nc1ccccc1CN(C)C. The quantitative estimate of drug-likeness (QED) is 0.687. The van der Waals surface area contributed by atoms with E-state index in [1.54, 1.807) is 18.2 Å². The van der Waals surface area contributed by atoms with Gasteiger partial charge in [-0.3, -0.25) is 4.79 Å². The lowest BCUT2D eigenvalue weighted by Gasteiger charge is -2.15. The molecule has 2 rings (SSSR count). The van der Waals surface area contributed by atoms with Gasteiger partial charge < -0.3 is 19.7 Å². The number of hydrogen-bond donors (Lipinski definition) is 1. The Kier molecular flexibility index (Phi) is 7.65. The van der Waals surface area contributed by atoms with E-state index in [0.29, 0.717) is 36.5 Å². The van der Waals surface area contributed by atoms with Gasteiger partial charge in [0, 0.05) is 24.7 Å². The minimum atomic E-state index is -0.0448. The Bertz CT molecular complexity index is 813. The summed E-state index contributed by atoms with van der Waals surface area (Å²) in [6.07, 6.45) is 0.930. The second-order valence-corrected chi connectivity index (χ2v) is 6.37.